The molecule has 1 atom stereocenters. The van der Waals surface area contributed by atoms with Crippen molar-refractivity contribution in [2.24, 2.45) is 5.92 Å². The highest BCUT2D eigenvalue weighted by atomic mass is 32.2. The molecule has 44 heavy (non-hydrogen) atoms. The van der Waals surface area contributed by atoms with Crippen LogP contribution in [0.25, 0.3) is 43.5 Å². The van der Waals surface area contributed by atoms with E-state index < -0.39 is 0 Å². The minimum Gasteiger partial charge on any atom is -0.305 e. The summed E-state index contributed by atoms with van der Waals surface area (Å²) in [6, 6.07) is 7.84. The number of H-pyrrole nitrogens is 2. The summed E-state index contributed by atoms with van der Waals surface area (Å²) in [6.07, 6.45) is 7.04. The van der Waals surface area contributed by atoms with E-state index in [1.165, 1.54) is 20.2 Å². The number of aromatic nitrogens is 6. The largest absolute Gasteiger partial charge is 0.305 e. The van der Waals surface area contributed by atoms with E-state index in [4.69, 9.17) is 4.98 Å². The fourth-order valence-electron chi connectivity index (χ4n) is 6.08. The summed E-state index contributed by atoms with van der Waals surface area (Å²) < 4.78 is 1.25. The molecular weight excluding hydrogens is 609 g/mol. The SMILES string of the molecule is Cc1cc(C)nc(-c2nc3sc4c(c3c(=O)[nH]2)CCCS4)c1.Cc1cccnc1-c1nc2sc3c(c2c(=O)[nH]1)CCC(C)C3.[HH].[HH]. The molecule has 0 amide bonds. The summed E-state index contributed by atoms with van der Waals surface area (Å²) in [5.74, 6) is 2.95. The second kappa shape index (κ2) is 11.7. The normalized spacial score (nSPS) is 16.0. The van der Waals surface area contributed by atoms with Gasteiger partial charge in [0.1, 0.15) is 21.0 Å². The van der Waals surface area contributed by atoms with Crippen molar-refractivity contribution < 1.29 is 2.85 Å². The maximum Gasteiger partial charge on any atom is 0.260 e. The molecule has 11 heteroatoms. The van der Waals surface area contributed by atoms with Gasteiger partial charge in [0.25, 0.3) is 11.1 Å². The Morgan fingerprint density at radius 3 is 2.45 bits per heavy atom. The Labute approximate surface area is 269 Å². The molecule has 8 rings (SSSR count). The Balaban J connectivity index is 0.000000174. The lowest BCUT2D eigenvalue weighted by Gasteiger charge is -2.17. The number of fused-ring (bicyclic) bond motifs is 6. The molecule has 0 radical (unpaired) electrons. The van der Waals surface area contributed by atoms with Crippen molar-refractivity contribution in [1.29, 1.82) is 0 Å². The first-order valence-corrected chi connectivity index (χ1v) is 17.5. The zero-order chi connectivity index (χ0) is 30.5. The first-order chi connectivity index (χ1) is 21.2. The number of hydrogen-bond acceptors (Lipinski definition) is 9. The molecule has 0 spiro atoms. The van der Waals surface area contributed by atoms with Crippen LogP contribution in [0, 0.1) is 26.7 Å². The van der Waals surface area contributed by atoms with Gasteiger partial charge in [-0.15, -0.1) is 34.4 Å². The van der Waals surface area contributed by atoms with Gasteiger partial charge in [0.05, 0.1) is 15.0 Å². The zero-order valence-corrected chi connectivity index (χ0v) is 27.5. The maximum absolute atomic E-state index is 12.6. The van der Waals surface area contributed by atoms with Crippen LogP contribution in [0.5, 0.6) is 0 Å². The highest BCUT2D eigenvalue weighted by molar-refractivity contribution is 8.01. The average Bonchev–Trinajstić information content (AvgIpc) is 3.55. The lowest BCUT2D eigenvalue weighted by molar-refractivity contribution is 0.509. The minimum absolute atomic E-state index is 0. The first kappa shape index (κ1) is 29.1. The second-order valence-corrected chi connectivity index (χ2v) is 15.1. The van der Waals surface area contributed by atoms with Gasteiger partial charge in [-0.2, -0.15) is 0 Å². The van der Waals surface area contributed by atoms with E-state index in [9.17, 15) is 9.59 Å². The molecule has 0 fully saturated rings. The van der Waals surface area contributed by atoms with Crippen LogP contribution in [0.3, 0.4) is 0 Å². The predicted octanol–water partition coefficient (Wildman–Crippen LogP) is 7.67. The van der Waals surface area contributed by atoms with Gasteiger partial charge >= 0.3 is 0 Å². The summed E-state index contributed by atoms with van der Waals surface area (Å²) in [7, 11) is 0. The number of aryl methyl sites for hydroxylation is 5. The number of thiophene rings is 2. The van der Waals surface area contributed by atoms with E-state index in [0.29, 0.717) is 17.6 Å². The lowest BCUT2D eigenvalue weighted by Crippen LogP contribution is -2.14. The highest BCUT2D eigenvalue weighted by Crippen LogP contribution is 2.40. The fourth-order valence-corrected chi connectivity index (χ4v) is 10.00. The molecule has 6 aromatic rings. The van der Waals surface area contributed by atoms with Crippen LogP contribution >= 0.6 is 34.4 Å². The Kier molecular flexibility index (Phi) is 7.72. The number of thioether (sulfide) groups is 1. The van der Waals surface area contributed by atoms with Gasteiger partial charge < -0.3 is 9.97 Å². The molecule has 1 aliphatic carbocycles. The van der Waals surface area contributed by atoms with E-state index in [1.54, 1.807) is 28.9 Å². The van der Waals surface area contributed by atoms with Crippen LogP contribution in [0.1, 0.15) is 55.4 Å². The summed E-state index contributed by atoms with van der Waals surface area (Å²) >= 11 is 5.15. The number of aromatic amines is 2. The summed E-state index contributed by atoms with van der Waals surface area (Å²) in [4.78, 5) is 52.2. The molecule has 1 unspecified atom stereocenters. The van der Waals surface area contributed by atoms with Gasteiger partial charge in [-0.1, -0.05) is 13.0 Å². The standard InChI is InChI=1S/C17H17N3OS.C16H15N3OS2.2H2/c1-9-5-6-11-12(8-9)22-17-13(11)16(21)19-15(20-17)14-10(2)4-3-7-18-14;1-8-6-9(2)17-11(7-8)13-18-14(20)12-10-4-3-5-21-16(10)22-15(12)19-13;;/h3-4,7,9H,5-6,8H2,1-2H3,(H,19,20,21);6-7H,3-5H2,1-2H3,(H,18,19,20);2*1H. The Morgan fingerprint density at radius 1 is 0.909 bits per heavy atom. The zero-order valence-electron chi connectivity index (χ0n) is 25.0. The Hall–Kier alpha value is -3.67. The van der Waals surface area contributed by atoms with Gasteiger partial charge in [-0.25, -0.2) is 15.0 Å². The molecule has 2 aliphatic rings. The highest BCUT2D eigenvalue weighted by Gasteiger charge is 2.24. The van der Waals surface area contributed by atoms with E-state index in [-0.39, 0.29) is 14.0 Å². The van der Waals surface area contributed by atoms with Gasteiger partial charge in [-0.3, -0.25) is 14.6 Å². The lowest BCUT2D eigenvalue weighted by atomic mass is 9.89. The smallest absolute Gasteiger partial charge is 0.260 e. The topological polar surface area (TPSA) is 117 Å². The number of nitrogens with zero attached hydrogens (tertiary/aromatic N) is 4. The molecule has 7 heterocycles. The quantitative estimate of drug-likeness (QED) is 0.199. The number of nitrogens with one attached hydrogen (secondary N) is 2. The molecule has 2 N–H and O–H groups in total. The third-order valence-electron chi connectivity index (χ3n) is 8.17. The van der Waals surface area contributed by atoms with E-state index >= 15 is 0 Å². The summed E-state index contributed by atoms with van der Waals surface area (Å²) in [5.41, 5.74) is 6.88. The van der Waals surface area contributed by atoms with Crippen LogP contribution in [0.15, 0.2) is 44.3 Å². The molecule has 0 saturated heterocycles. The number of pyridine rings is 2. The van der Waals surface area contributed by atoms with Gasteiger partial charge in [-0.05, 0) is 105 Å². The summed E-state index contributed by atoms with van der Waals surface area (Å²) in [5, 5.41) is 1.57. The maximum atomic E-state index is 12.6. The van der Waals surface area contributed by atoms with E-state index in [2.05, 4.69) is 31.8 Å². The number of hydrogen-bond donors (Lipinski definition) is 2. The summed E-state index contributed by atoms with van der Waals surface area (Å²) in [6.45, 7) is 8.23. The van der Waals surface area contributed by atoms with Gasteiger partial charge in [0, 0.05) is 19.6 Å². The van der Waals surface area contributed by atoms with Crippen molar-refractivity contribution in [3.8, 4) is 23.0 Å². The van der Waals surface area contributed by atoms with Crippen LogP contribution in [0.4, 0.5) is 0 Å². The Morgan fingerprint density at radius 2 is 1.66 bits per heavy atom. The molecule has 8 nitrogen and oxygen atoms in total. The fraction of sp³-hybridized carbons (Fsp3) is 0.333. The number of rotatable bonds is 2. The van der Waals surface area contributed by atoms with Crippen LogP contribution in [-0.4, -0.2) is 35.7 Å². The van der Waals surface area contributed by atoms with Crippen LogP contribution in [0.2, 0.25) is 0 Å². The predicted molar refractivity (Wildman–Crippen MR) is 186 cm³/mol. The van der Waals surface area contributed by atoms with Crippen LogP contribution in [-0.2, 0) is 19.3 Å². The van der Waals surface area contributed by atoms with Crippen LogP contribution < -0.4 is 11.1 Å². The molecule has 0 bridgehead atoms. The average molecular weight is 645 g/mol. The monoisotopic (exact) mass is 644 g/mol. The van der Waals surface area contributed by atoms with Crippen molar-refractivity contribution >= 4 is 54.9 Å². The molecule has 6 aromatic heterocycles. The molecule has 0 aromatic carbocycles. The molecule has 1 aliphatic heterocycles. The second-order valence-electron chi connectivity index (χ2n) is 11.7. The van der Waals surface area contributed by atoms with Crippen molar-refractivity contribution in [2.75, 3.05) is 5.75 Å². The molecule has 0 saturated carbocycles. The Bertz CT molecular complexity index is 2170. The van der Waals surface area contributed by atoms with Crippen molar-refractivity contribution in [3.63, 3.8) is 0 Å². The van der Waals surface area contributed by atoms with Crippen molar-refractivity contribution in [3.05, 3.63) is 84.0 Å². The third kappa shape index (κ3) is 5.41. The van der Waals surface area contributed by atoms with Gasteiger partial charge in [0.15, 0.2) is 11.6 Å². The minimum atomic E-state index is -0.0408. The molecular formula is C33H36N6O2S3. The molecule has 228 valence electrons. The van der Waals surface area contributed by atoms with Crippen molar-refractivity contribution in [1.82, 2.24) is 29.9 Å². The van der Waals surface area contributed by atoms with E-state index in [1.807, 2.05) is 56.8 Å². The van der Waals surface area contributed by atoms with Crippen molar-refractivity contribution in [2.45, 2.75) is 64.0 Å². The van der Waals surface area contributed by atoms with Gasteiger partial charge in [0.2, 0.25) is 0 Å². The first-order valence-electron chi connectivity index (χ1n) is 14.9. The van der Waals surface area contributed by atoms with E-state index in [0.717, 1.165) is 86.5 Å². The third-order valence-corrected chi connectivity index (χ3v) is 11.8.